The molecule has 7 heteroatoms. The Bertz CT molecular complexity index is 528. The smallest absolute Gasteiger partial charge is 0.317 e. The van der Waals surface area contributed by atoms with E-state index in [2.05, 4.69) is 15.5 Å². The maximum atomic E-state index is 11.8. The van der Waals surface area contributed by atoms with Crippen LogP contribution in [0, 0.1) is 5.92 Å². The summed E-state index contributed by atoms with van der Waals surface area (Å²) >= 11 is 0. The summed E-state index contributed by atoms with van der Waals surface area (Å²) in [7, 11) is 1.66. The highest BCUT2D eigenvalue weighted by atomic mass is 16.5. The lowest BCUT2D eigenvalue weighted by Gasteiger charge is -2.30. The third kappa shape index (κ3) is 4.47. The summed E-state index contributed by atoms with van der Waals surface area (Å²) in [5.74, 6) is 2.23. The van der Waals surface area contributed by atoms with Crippen molar-refractivity contribution >= 4 is 6.03 Å². The van der Waals surface area contributed by atoms with E-state index in [1.54, 1.807) is 7.05 Å². The Morgan fingerprint density at radius 2 is 2.17 bits per heavy atom. The van der Waals surface area contributed by atoms with Crippen molar-refractivity contribution in [3.63, 3.8) is 0 Å². The largest absolute Gasteiger partial charge is 0.381 e. The first kappa shape index (κ1) is 17.2. The molecule has 0 aromatic carbocycles. The van der Waals surface area contributed by atoms with Crippen molar-refractivity contribution in [1.82, 2.24) is 20.4 Å². The Morgan fingerprint density at radius 3 is 2.96 bits per heavy atom. The number of carbonyl (C=O) groups is 1. The van der Waals surface area contributed by atoms with Crippen molar-refractivity contribution in [2.75, 3.05) is 33.4 Å². The fourth-order valence-corrected chi connectivity index (χ4v) is 3.65. The van der Waals surface area contributed by atoms with Crippen LogP contribution in [0.15, 0.2) is 4.52 Å². The number of aromatic nitrogens is 2. The van der Waals surface area contributed by atoms with Crippen LogP contribution in [0.4, 0.5) is 4.79 Å². The zero-order valence-electron chi connectivity index (χ0n) is 14.5. The number of hydrogen-bond donors (Lipinski definition) is 1. The number of urea groups is 1. The number of nitrogens with zero attached hydrogens (tertiary/aromatic N) is 3. The molecule has 0 spiro atoms. The maximum Gasteiger partial charge on any atom is 0.317 e. The van der Waals surface area contributed by atoms with Gasteiger partial charge in [-0.05, 0) is 31.6 Å². The third-order valence-electron chi connectivity index (χ3n) is 5.05. The number of likely N-dealkylation sites (tertiary alicyclic amines) is 1. The van der Waals surface area contributed by atoms with Gasteiger partial charge in [0.25, 0.3) is 0 Å². The lowest BCUT2D eigenvalue weighted by molar-refractivity contribution is 0.102. The molecule has 3 rings (SSSR count). The van der Waals surface area contributed by atoms with Gasteiger partial charge in [-0.25, -0.2) is 4.79 Å². The van der Waals surface area contributed by atoms with Crippen LogP contribution in [0.1, 0.15) is 56.2 Å². The Morgan fingerprint density at radius 1 is 1.33 bits per heavy atom. The first-order valence-corrected chi connectivity index (χ1v) is 9.13. The van der Waals surface area contributed by atoms with Crippen molar-refractivity contribution < 1.29 is 14.1 Å². The van der Waals surface area contributed by atoms with Crippen LogP contribution >= 0.6 is 0 Å². The standard InChI is InChI=1S/C17H28N4O3/c1-18-17(22)21-9-4-7-14(11-21)16-19-15(20-24-16)8-10-23-12-13-5-2-3-6-13/h13-14H,2-12H2,1H3,(H,18,22). The quantitative estimate of drug-likeness (QED) is 0.807. The molecule has 1 aliphatic heterocycles. The molecule has 0 radical (unpaired) electrons. The summed E-state index contributed by atoms with van der Waals surface area (Å²) in [4.78, 5) is 18.1. The predicted octanol–water partition coefficient (Wildman–Crippen LogP) is 2.34. The lowest BCUT2D eigenvalue weighted by Crippen LogP contribution is -2.43. The molecule has 0 bridgehead atoms. The first-order chi connectivity index (χ1) is 11.8. The van der Waals surface area contributed by atoms with Crippen LogP contribution in [0.3, 0.4) is 0 Å². The minimum atomic E-state index is -0.0419. The van der Waals surface area contributed by atoms with E-state index in [0.29, 0.717) is 31.3 Å². The van der Waals surface area contributed by atoms with Gasteiger partial charge < -0.3 is 19.5 Å². The molecule has 1 aromatic rings. The predicted molar refractivity (Wildman–Crippen MR) is 88.8 cm³/mol. The van der Waals surface area contributed by atoms with Crippen molar-refractivity contribution in [1.29, 1.82) is 0 Å². The fourth-order valence-electron chi connectivity index (χ4n) is 3.65. The van der Waals surface area contributed by atoms with Crippen molar-refractivity contribution in [3.05, 3.63) is 11.7 Å². The molecule has 1 saturated heterocycles. The summed E-state index contributed by atoms with van der Waals surface area (Å²) in [6.07, 6.45) is 7.91. The normalized spacial score (nSPS) is 22.0. The molecule has 7 nitrogen and oxygen atoms in total. The molecule has 1 unspecified atom stereocenters. The van der Waals surface area contributed by atoms with Crippen molar-refractivity contribution in [3.8, 4) is 0 Å². The molecule has 2 heterocycles. The first-order valence-electron chi connectivity index (χ1n) is 9.13. The van der Waals surface area contributed by atoms with Gasteiger partial charge in [0.1, 0.15) is 0 Å². The van der Waals surface area contributed by atoms with Gasteiger partial charge in [0.2, 0.25) is 5.89 Å². The number of nitrogens with one attached hydrogen (secondary N) is 1. The van der Waals surface area contributed by atoms with E-state index in [1.165, 1.54) is 25.7 Å². The summed E-state index contributed by atoms with van der Waals surface area (Å²) in [6, 6.07) is -0.0419. The van der Waals surface area contributed by atoms with E-state index in [9.17, 15) is 4.79 Å². The second-order valence-corrected chi connectivity index (χ2v) is 6.86. The van der Waals surface area contributed by atoms with Gasteiger partial charge in [-0.2, -0.15) is 4.98 Å². The number of hydrogen-bond acceptors (Lipinski definition) is 5. The Labute approximate surface area is 143 Å². The molecule has 134 valence electrons. The summed E-state index contributed by atoms with van der Waals surface area (Å²) in [6.45, 7) is 2.92. The molecule has 2 aliphatic rings. The summed E-state index contributed by atoms with van der Waals surface area (Å²) in [5, 5.41) is 6.74. The molecule has 1 aliphatic carbocycles. The van der Waals surface area contributed by atoms with Crippen molar-refractivity contribution in [2.24, 2.45) is 5.92 Å². The molecule has 1 atom stereocenters. The average Bonchev–Trinajstić information content (AvgIpc) is 3.30. The van der Waals surface area contributed by atoms with Crippen LogP contribution in [0.2, 0.25) is 0 Å². The summed E-state index contributed by atoms with van der Waals surface area (Å²) < 4.78 is 11.2. The van der Waals surface area contributed by atoms with Crippen LogP contribution < -0.4 is 5.32 Å². The van der Waals surface area contributed by atoms with E-state index in [-0.39, 0.29) is 11.9 Å². The van der Waals surface area contributed by atoms with Crippen LogP contribution in [-0.4, -0.2) is 54.4 Å². The molecular weight excluding hydrogens is 308 g/mol. The van der Waals surface area contributed by atoms with E-state index in [4.69, 9.17) is 9.26 Å². The Hall–Kier alpha value is -1.63. The van der Waals surface area contributed by atoms with E-state index in [1.807, 2.05) is 4.90 Å². The molecule has 1 N–H and O–H groups in total. The van der Waals surface area contributed by atoms with Crippen LogP contribution in [-0.2, 0) is 11.2 Å². The number of amides is 2. The van der Waals surface area contributed by atoms with Gasteiger partial charge in [0.05, 0.1) is 12.5 Å². The highest BCUT2D eigenvalue weighted by Crippen LogP contribution is 2.26. The number of piperidine rings is 1. The van der Waals surface area contributed by atoms with E-state index < -0.39 is 0 Å². The average molecular weight is 336 g/mol. The van der Waals surface area contributed by atoms with Gasteiger partial charge in [-0.15, -0.1) is 0 Å². The molecule has 1 aromatic heterocycles. The molecule has 24 heavy (non-hydrogen) atoms. The van der Waals surface area contributed by atoms with Crippen molar-refractivity contribution in [2.45, 2.75) is 50.9 Å². The van der Waals surface area contributed by atoms with Gasteiger partial charge >= 0.3 is 6.03 Å². The number of ether oxygens (including phenoxy) is 1. The number of rotatable bonds is 6. The van der Waals surface area contributed by atoms with Gasteiger partial charge in [0, 0.05) is 33.2 Å². The monoisotopic (exact) mass is 336 g/mol. The second kappa shape index (κ2) is 8.46. The highest BCUT2D eigenvalue weighted by Gasteiger charge is 2.28. The molecule has 2 amide bonds. The minimum absolute atomic E-state index is 0.0419. The molecule has 2 fully saturated rings. The van der Waals surface area contributed by atoms with E-state index >= 15 is 0 Å². The topological polar surface area (TPSA) is 80.5 Å². The fraction of sp³-hybridized carbons (Fsp3) is 0.824. The third-order valence-corrected chi connectivity index (χ3v) is 5.05. The van der Waals surface area contributed by atoms with Crippen LogP contribution in [0.5, 0.6) is 0 Å². The van der Waals surface area contributed by atoms with Gasteiger partial charge in [-0.1, -0.05) is 18.0 Å². The van der Waals surface area contributed by atoms with Gasteiger partial charge in [-0.3, -0.25) is 0 Å². The van der Waals surface area contributed by atoms with Crippen LogP contribution in [0.25, 0.3) is 0 Å². The molecular formula is C17H28N4O3. The Balaban J connectivity index is 1.43. The minimum Gasteiger partial charge on any atom is -0.381 e. The molecule has 1 saturated carbocycles. The highest BCUT2D eigenvalue weighted by molar-refractivity contribution is 5.73. The SMILES string of the molecule is CNC(=O)N1CCCC(c2nc(CCOCC3CCCC3)no2)C1. The number of carbonyl (C=O) groups excluding carboxylic acids is 1. The Kier molecular flexibility index (Phi) is 6.07. The zero-order chi connectivity index (χ0) is 16.8. The summed E-state index contributed by atoms with van der Waals surface area (Å²) in [5.41, 5.74) is 0. The van der Waals surface area contributed by atoms with E-state index in [0.717, 1.165) is 31.9 Å². The zero-order valence-corrected chi connectivity index (χ0v) is 14.5. The van der Waals surface area contributed by atoms with Gasteiger partial charge in [0.15, 0.2) is 5.82 Å². The lowest BCUT2D eigenvalue weighted by atomic mass is 9.98. The maximum absolute atomic E-state index is 11.8. The second-order valence-electron chi connectivity index (χ2n) is 6.86.